The zero-order valence-corrected chi connectivity index (χ0v) is 9.83. The van der Waals surface area contributed by atoms with E-state index in [4.69, 9.17) is 5.41 Å². The number of fused-ring (bicyclic) bond motifs is 1. The van der Waals surface area contributed by atoms with E-state index in [-0.39, 0.29) is 5.91 Å². The van der Waals surface area contributed by atoms with Crippen molar-refractivity contribution in [1.29, 1.82) is 5.41 Å². The quantitative estimate of drug-likeness (QED) is 0.835. The lowest BCUT2D eigenvalue weighted by molar-refractivity contribution is -0.115. The zero-order valence-electron chi connectivity index (χ0n) is 9.01. The van der Waals surface area contributed by atoms with Gasteiger partial charge in [-0.1, -0.05) is 48.2 Å². The van der Waals surface area contributed by atoms with Gasteiger partial charge in [0.2, 0.25) is 5.91 Å². The van der Waals surface area contributed by atoms with Gasteiger partial charge in [-0.05, 0) is 11.5 Å². The Kier molecular flexibility index (Phi) is 2.37. The van der Waals surface area contributed by atoms with Crippen LogP contribution < -0.4 is 4.90 Å². The highest BCUT2D eigenvalue weighted by atomic mass is 32.2. The fraction of sp³-hybridized carbons (Fsp3) is 0.0769. The standard InChI is InChI=1S/C13H10N2OS/c14-13-15(12(16)8-17-13)11-7-3-5-9-4-1-2-6-10(9)11/h1-7,14H,8H2. The van der Waals surface area contributed by atoms with Gasteiger partial charge >= 0.3 is 0 Å². The summed E-state index contributed by atoms with van der Waals surface area (Å²) in [5, 5.41) is 10.2. The molecule has 0 bridgehead atoms. The lowest BCUT2D eigenvalue weighted by atomic mass is 10.1. The second-order valence-electron chi connectivity index (χ2n) is 3.82. The van der Waals surface area contributed by atoms with Crippen LogP contribution in [0.4, 0.5) is 5.69 Å². The Labute approximate surface area is 103 Å². The van der Waals surface area contributed by atoms with Crippen molar-refractivity contribution in [3.63, 3.8) is 0 Å². The van der Waals surface area contributed by atoms with E-state index in [2.05, 4.69) is 0 Å². The first-order valence-electron chi connectivity index (χ1n) is 5.29. The van der Waals surface area contributed by atoms with Crippen molar-refractivity contribution in [2.45, 2.75) is 0 Å². The maximum absolute atomic E-state index is 11.8. The van der Waals surface area contributed by atoms with Crippen LogP contribution in [0, 0.1) is 5.41 Å². The smallest absolute Gasteiger partial charge is 0.243 e. The molecule has 1 fully saturated rings. The van der Waals surface area contributed by atoms with Gasteiger partial charge in [0.25, 0.3) is 0 Å². The lowest BCUT2D eigenvalue weighted by Crippen LogP contribution is -2.28. The monoisotopic (exact) mass is 242 g/mol. The van der Waals surface area contributed by atoms with E-state index in [9.17, 15) is 4.79 Å². The van der Waals surface area contributed by atoms with Crippen molar-refractivity contribution < 1.29 is 4.79 Å². The Morgan fingerprint density at radius 2 is 1.88 bits per heavy atom. The second-order valence-corrected chi connectivity index (χ2v) is 4.79. The van der Waals surface area contributed by atoms with Gasteiger partial charge in [0.1, 0.15) is 0 Å². The number of hydrogen-bond donors (Lipinski definition) is 1. The average Bonchev–Trinajstić information content (AvgIpc) is 2.69. The maximum atomic E-state index is 11.8. The molecule has 2 aromatic carbocycles. The molecule has 17 heavy (non-hydrogen) atoms. The second kappa shape index (κ2) is 3.89. The summed E-state index contributed by atoms with van der Waals surface area (Å²) in [6.45, 7) is 0. The number of carbonyl (C=O) groups excluding carboxylic acids is 1. The van der Waals surface area contributed by atoms with Crippen LogP contribution in [0.2, 0.25) is 0 Å². The minimum atomic E-state index is -0.0173. The molecular formula is C13H10N2OS. The van der Waals surface area contributed by atoms with Crippen LogP contribution in [-0.4, -0.2) is 16.8 Å². The molecule has 0 unspecified atom stereocenters. The number of carbonyl (C=O) groups is 1. The zero-order chi connectivity index (χ0) is 11.8. The fourth-order valence-electron chi connectivity index (χ4n) is 2.02. The Hall–Kier alpha value is -1.81. The Morgan fingerprint density at radius 1 is 1.12 bits per heavy atom. The normalized spacial score (nSPS) is 15.9. The first-order valence-corrected chi connectivity index (χ1v) is 6.28. The van der Waals surface area contributed by atoms with E-state index in [1.54, 1.807) is 0 Å². The summed E-state index contributed by atoms with van der Waals surface area (Å²) in [7, 11) is 0. The van der Waals surface area contributed by atoms with E-state index in [1.807, 2.05) is 42.5 Å². The summed E-state index contributed by atoms with van der Waals surface area (Å²) in [6.07, 6.45) is 0. The van der Waals surface area contributed by atoms with Crippen LogP contribution in [0.3, 0.4) is 0 Å². The number of rotatable bonds is 1. The minimum Gasteiger partial charge on any atom is -0.278 e. The highest BCUT2D eigenvalue weighted by molar-refractivity contribution is 8.15. The summed E-state index contributed by atoms with van der Waals surface area (Å²) in [6, 6.07) is 13.7. The maximum Gasteiger partial charge on any atom is 0.243 e. The third-order valence-corrected chi connectivity index (χ3v) is 3.64. The van der Waals surface area contributed by atoms with Crippen LogP contribution in [-0.2, 0) is 4.79 Å². The number of nitrogens with one attached hydrogen (secondary N) is 1. The average molecular weight is 242 g/mol. The number of nitrogens with zero attached hydrogens (tertiary/aromatic N) is 1. The van der Waals surface area contributed by atoms with Crippen molar-refractivity contribution >= 4 is 39.3 Å². The summed E-state index contributed by atoms with van der Waals surface area (Å²) < 4.78 is 0. The van der Waals surface area contributed by atoms with Crippen molar-refractivity contribution in [3.8, 4) is 0 Å². The van der Waals surface area contributed by atoms with Crippen molar-refractivity contribution in [2.24, 2.45) is 0 Å². The molecule has 3 rings (SSSR count). The highest BCUT2D eigenvalue weighted by Gasteiger charge is 2.29. The van der Waals surface area contributed by atoms with Gasteiger partial charge in [0, 0.05) is 5.39 Å². The van der Waals surface area contributed by atoms with Gasteiger partial charge in [-0.2, -0.15) is 0 Å². The molecule has 3 nitrogen and oxygen atoms in total. The summed E-state index contributed by atoms with van der Waals surface area (Å²) in [4.78, 5) is 13.3. The Morgan fingerprint density at radius 3 is 2.65 bits per heavy atom. The van der Waals surface area contributed by atoms with E-state index in [0.717, 1.165) is 16.5 Å². The molecule has 1 aliphatic rings. The molecule has 0 saturated carbocycles. The van der Waals surface area contributed by atoms with Gasteiger partial charge in [-0.15, -0.1) is 0 Å². The van der Waals surface area contributed by atoms with Gasteiger partial charge in [-0.3, -0.25) is 15.1 Å². The molecule has 0 aromatic heterocycles. The van der Waals surface area contributed by atoms with Crippen molar-refractivity contribution in [2.75, 3.05) is 10.7 Å². The van der Waals surface area contributed by atoms with E-state index < -0.39 is 0 Å². The molecule has 0 atom stereocenters. The molecule has 0 spiro atoms. The number of amides is 1. The third-order valence-electron chi connectivity index (χ3n) is 2.79. The number of amidine groups is 1. The van der Waals surface area contributed by atoms with Crippen LogP contribution >= 0.6 is 11.8 Å². The number of anilines is 1. The van der Waals surface area contributed by atoms with Crippen molar-refractivity contribution in [1.82, 2.24) is 0 Å². The van der Waals surface area contributed by atoms with Crippen LogP contribution in [0.5, 0.6) is 0 Å². The third kappa shape index (κ3) is 1.61. The number of thioether (sulfide) groups is 1. The first kappa shape index (κ1) is 10.4. The molecular weight excluding hydrogens is 232 g/mol. The first-order chi connectivity index (χ1) is 8.27. The largest absolute Gasteiger partial charge is 0.278 e. The van der Waals surface area contributed by atoms with Crippen LogP contribution in [0.15, 0.2) is 42.5 Å². The molecule has 0 aliphatic carbocycles. The molecule has 1 heterocycles. The van der Waals surface area contributed by atoms with Gasteiger partial charge in [0.05, 0.1) is 11.4 Å². The number of hydrogen-bond acceptors (Lipinski definition) is 3. The number of benzene rings is 2. The summed E-state index contributed by atoms with van der Waals surface area (Å²) >= 11 is 1.28. The van der Waals surface area contributed by atoms with Gasteiger partial charge in [0.15, 0.2) is 5.17 Å². The Bertz CT molecular complexity index is 602. The van der Waals surface area contributed by atoms with E-state index in [0.29, 0.717) is 10.9 Å². The fourth-order valence-corrected chi connectivity index (χ4v) is 2.74. The van der Waals surface area contributed by atoms with E-state index >= 15 is 0 Å². The molecule has 1 N–H and O–H groups in total. The predicted molar refractivity (Wildman–Crippen MR) is 71.6 cm³/mol. The summed E-state index contributed by atoms with van der Waals surface area (Å²) in [5.74, 6) is 0.346. The van der Waals surface area contributed by atoms with Gasteiger partial charge in [-0.25, -0.2) is 0 Å². The molecule has 1 amide bonds. The molecule has 1 aliphatic heterocycles. The predicted octanol–water partition coefficient (Wildman–Crippen LogP) is 2.85. The summed E-state index contributed by atoms with van der Waals surface area (Å²) in [5.41, 5.74) is 0.808. The van der Waals surface area contributed by atoms with Crippen molar-refractivity contribution in [3.05, 3.63) is 42.5 Å². The molecule has 2 aromatic rings. The van der Waals surface area contributed by atoms with E-state index in [1.165, 1.54) is 16.7 Å². The SMILES string of the molecule is N=C1SCC(=O)N1c1cccc2ccccc12. The lowest BCUT2D eigenvalue weighted by Gasteiger charge is -2.17. The molecule has 1 saturated heterocycles. The topological polar surface area (TPSA) is 44.2 Å². The van der Waals surface area contributed by atoms with Crippen LogP contribution in [0.25, 0.3) is 10.8 Å². The van der Waals surface area contributed by atoms with Gasteiger partial charge < -0.3 is 0 Å². The Balaban J connectivity index is 2.23. The minimum absolute atomic E-state index is 0.0173. The highest BCUT2D eigenvalue weighted by Crippen LogP contribution is 2.31. The van der Waals surface area contributed by atoms with Crippen LogP contribution in [0.1, 0.15) is 0 Å². The molecule has 4 heteroatoms. The molecule has 84 valence electrons. The molecule has 0 radical (unpaired) electrons.